The first kappa shape index (κ1) is 26.5. The normalized spacial score (nSPS) is 14.1. The average Bonchev–Trinajstić information content (AvgIpc) is 3.43. The van der Waals surface area contributed by atoms with Crippen molar-refractivity contribution in [3.05, 3.63) is 89.4 Å². The number of carbonyl (C=O) groups is 2. The number of likely N-dealkylation sites (tertiary alicyclic amines) is 1. The number of rotatable bonds is 12. The average molecular weight is 521 g/mol. The zero-order chi connectivity index (χ0) is 25.9. The van der Waals surface area contributed by atoms with Gasteiger partial charge in [-0.05, 0) is 80.0 Å². The van der Waals surface area contributed by atoms with Crippen LogP contribution < -0.4 is 20.7 Å². The monoisotopic (exact) mass is 520 g/mol. The minimum Gasteiger partial charge on any atom is -0.457 e. The van der Waals surface area contributed by atoms with Crippen molar-refractivity contribution >= 4 is 29.1 Å². The molecule has 194 valence electrons. The summed E-state index contributed by atoms with van der Waals surface area (Å²) in [5.41, 5.74) is 1.76. The molecule has 0 aliphatic carbocycles. The summed E-state index contributed by atoms with van der Waals surface area (Å²) in [6.07, 6.45) is 2.86. The smallest absolute Gasteiger partial charge is 0.242 e. The number of nitrogens with zero attached hydrogens (tertiary/aromatic N) is 1. The molecule has 1 fully saturated rings. The van der Waals surface area contributed by atoms with E-state index in [9.17, 15) is 9.59 Å². The van der Waals surface area contributed by atoms with Gasteiger partial charge in [0, 0.05) is 30.2 Å². The highest BCUT2D eigenvalue weighted by molar-refractivity contribution is 6.30. The summed E-state index contributed by atoms with van der Waals surface area (Å²) in [6.45, 7) is 3.61. The van der Waals surface area contributed by atoms with Gasteiger partial charge in [0.05, 0.1) is 6.54 Å². The minimum atomic E-state index is -0.648. The quantitative estimate of drug-likeness (QED) is 0.328. The topological polar surface area (TPSA) is 82.7 Å². The van der Waals surface area contributed by atoms with Crippen molar-refractivity contribution in [2.24, 2.45) is 0 Å². The second kappa shape index (κ2) is 13.7. The van der Waals surface area contributed by atoms with E-state index in [-0.39, 0.29) is 18.4 Å². The molecule has 4 rings (SSSR count). The van der Waals surface area contributed by atoms with Crippen LogP contribution in [0, 0.1) is 0 Å². The molecule has 0 radical (unpaired) electrons. The van der Waals surface area contributed by atoms with Crippen molar-refractivity contribution < 1.29 is 14.3 Å². The molecule has 1 heterocycles. The van der Waals surface area contributed by atoms with Crippen LogP contribution in [0.2, 0.25) is 5.02 Å². The summed E-state index contributed by atoms with van der Waals surface area (Å²) in [6, 6.07) is 23.5. The molecule has 1 unspecified atom stereocenters. The third kappa shape index (κ3) is 8.81. The van der Waals surface area contributed by atoms with Gasteiger partial charge < -0.3 is 25.6 Å². The highest BCUT2D eigenvalue weighted by Crippen LogP contribution is 2.24. The first-order valence-corrected chi connectivity index (χ1v) is 13.0. The Morgan fingerprint density at radius 2 is 1.54 bits per heavy atom. The summed E-state index contributed by atoms with van der Waals surface area (Å²) in [4.78, 5) is 28.0. The Kier molecular flexibility index (Phi) is 9.80. The maximum atomic E-state index is 13.0. The number of amides is 2. The molecule has 3 N–H and O–H groups in total. The van der Waals surface area contributed by atoms with E-state index in [1.165, 1.54) is 12.8 Å². The van der Waals surface area contributed by atoms with Gasteiger partial charge in [-0.25, -0.2) is 0 Å². The number of nitrogens with one attached hydrogen (secondary N) is 3. The zero-order valence-electron chi connectivity index (χ0n) is 20.8. The highest BCUT2D eigenvalue weighted by Gasteiger charge is 2.21. The Morgan fingerprint density at radius 1 is 0.892 bits per heavy atom. The van der Waals surface area contributed by atoms with Gasteiger partial charge in [-0.2, -0.15) is 0 Å². The van der Waals surface area contributed by atoms with E-state index in [2.05, 4.69) is 20.9 Å². The number of carbonyl (C=O) groups excluding carboxylic acids is 2. The van der Waals surface area contributed by atoms with Crippen molar-refractivity contribution in [1.29, 1.82) is 0 Å². The molecule has 0 saturated carbocycles. The minimum absolute atomic E-state index is 0.0454. The number of halogens is 1. The Hall–Kier alpha value is -3.55. The second-order valence-corrected chi connectivity index (χ2v) is 9.52. The molecule has 3 aromatic carbocycles. The predicted octanol–water partition coefficient (Wildman–Crippen LogP) is 4.48. The van der Waals surface area contributed by atoms with Gasteiger partial charge in [-0.15, -0.1) is 0 Å². The third-order valence-corrected chi connectivity index (χ3v) is 6.47. The fourth-order valence-corrected chi connectivity index (χ4v) is 4.36. The largest absolute Gasteiger partial charge is 0.457 e. The molecule has 0 bridgehead atoms. The molecule has 7 nitrogen and oxygen atoms in total. The molecule has 2 amide bonds. The van der Waals surface area contributed by atoms with Gasteiger partial charge in [0.25, 0.3) is 0 Å². The van der Waals surface area contributed by atoms with E-state index in [0.29, 0.717) is 29.5 Å². The van der Waals surface area contributed by atoms with Gasteiger partial charge >= 0.3 is 0 Å². The molecule has 37 heavy (non-hydrogen) atoms. The van der Waals surface area contributed by atoms with Crippen LogP contribution in [-0.4, -0.2) is 55.5 Å². The van der Waals surface area contributed by atoms with Crippen molar-refractivity contribution in [2.75, 3.05) is 38.0 Å². The maximum absolute atomic E-state index is 13.0. The van der Waals surface area contributed by atoms with E-state index >= 15 is 0 Å². The predicted molar refractivity (Wildman–Crippen MR) is 147 cm³/mol. The van der Waals surface area contributed by atoms with Crippen LogP contribution in [0.5, 0.6) is 11.5 Å². The summed E-state index contributed by atoms with van der Waals surface area (Å²) >= 11 is 5.91. The van der Waals surface area contributed by atoms with Crippen LogP contribution in [0.25, 0.3) is 0 Å². The molecule has 1 saturated heterocycles. The van der Waals surface area contributed by atoms with Crippen molar-refractivity contribution in [1.82, 2.24) is 15.5 Å². The first-order valence-electron chi connectivity index (χ1n) is 12.7. The summed E-state index contributed by atoms with van der Waals surface area (Å²) in [5.74, 6) is 0.940. The Labute approximate surface area is 223 Å². The van der Waals surface area contributed by atoms with Crippen LogP contribution in [0.4, 0.5) is 5.69 Å². The van der Waals surface area contributed by atoms with Crippen molar-refractivity contribution in [3.63, 3.8) is 0 Å². The zero-order valence-corrected chi connectivity index (χ0v) is 21.5. The molecular weight excluding hydrogens is 488 g/mol. The Bertz CT molecular complexity index is 1130. The van der Waals surface area contributed by atoms with Crippen LogP contribution in [0.3, 0.4) is 0 Å². The maximum Gasteiger partial charge on any atom is 0.242 e. The van der Waals surface area contributed by atoms with Gasteiger partial charge in [-0.3, -0.25) is 9.59 Å². The lowest BCUT2D eigenvalue weighted by Gasteiger charge is -2.20. The lowest BCUT2D eigenvalue weighted by atomic mass is 10.1. The summed E-state index contributed by atoms with van der Waals surface area (Å²) < 4.78 is 5.80. The number of benzene rings is 3. The molecule has 0 aromatic heterocycles. The number of hydrogen-bond donors (Lipinski definition) is 3. The van der Waals surface area contributed by atoms with Crippen LogP contribution in [0.15, 0.2) is 78.9 Å². The fraction of sp³-hybridized carbons (Fsp3) is 0.310. The van der Waals surface area contributed by atoms with Crippen LogP contribution in [-0.2, 0) is 16.0 Å². The van der Waals surface area contributed by atoms with Gasteiger partial charge in [0.15, 0.2) is 0 Å². The second-order valence-electron chi connectivity index (χ2n) is 9.08. The molecular formula is C29H33ClN4O3. The first-order chi connectivity index (χ1) is 18.0. The molecule has 8 heteroatoms. The summed E-state index contributed by atoms with van der Waals surface area (Å²) in [7, 11) is 0. The van der Waals surface area contributed by atoms with Crippen molar-refractivity contribution in [2.45, 2.75) is 25.3 Å². The molecule has 3 aromatic rings. The van der Waals surface area contributed by atoms with Gasteiger partial charge in [0.1, 0.15) is 17.5 Å². The fourth-order valence-electron chi connectivity index (χ4n) is 4.23. The lowest BCUT2D eigenvalue weighted by Crippen LogP contribution is -2.50. The lowest BCUT2D eigenvalue weighted by molar-refractivity contribution is -0.128. The van der Waals surface area contributed by atoms with E-state index in [1.807, 2.05) is 54.6 Å². The van der Waals surface area contributed by atoms with E-state index in [0.717, 1.165) is 30.9 Å². The van der Waals surface area contributed by atoms with E-state index < -0.39 is 6.04 Å². The Balaban J connectivity index is 1.27. The van der Waals surface area contributed by atoms with Crippen LogP contribution >= 0.6 is 11.6 Å². The third-order valence-electron chi connectivity index (χ3n) is 6.22. The SMILES string of the molecule is O=C(CNc1ccc(Oc2ccc(Cl)cc2)cc1)NC(Cc1ccccc1)C(=O)NCCN1CCCC1. The summed E-state index contributed by atoms with van der Waals surface area (Å²) in [5, 5.41) is 9.66. The number of anilines is 1. The molecule has 1 aliphatic rings. The van der Waals surface area contributed by atoms with Crippen molar-refractivity contribution in [3.8, 4) is 11.5 Å². The molecule has 1 aliphatic heterocycles. The van der Waals surface area contributed by atoms with E-state index in [1.54, 1.807) is 24.3 Å². The van der Waals surface area contributed by atoms with Crippen LogP contribution in [0.1, 0.15) is 18.4 Å². The van der Waals surface area contributed by atoms with Gasteiger partial charge in [0.2, 0.25) is 11.8 Å². The standard InChI is InChI=1S/C29H33ClN4O3/c30-23-8-12-25(13-9-23)37-26-14-10-24(11-15-26)32-21-28(35)33-27(20-22-6-2-1-3-7-22)29(36)31-16-19-34-17-4-5-18-34/h1-3,6-15,27,32H,4-5,16-21H2,(H,31,36)(H,33,35). The number of hydrogen-bond acceptors (Lipinski definition) is 5. The molecule has 0 spiro atoms. The highest BCUT2D eigenvalue weighted by atomic mass is 35.5. The van der Waals surface area contributed by atoms with E-state index in [4.69, 9.17) is 16.3 Å². The molecule has 1 atom stereocenters. The number of ether oxygens (including phenoxy) is 1. The van der Waals surface area contributed by atoms with Gasteiger partial charge in [-0.1, -0.05) is 41.9 Å². The Morgan fingerprint density at radius 3 is 2.22 bits per heavy atom.